The Balaban J connectivity index is 2.04. The number of rotatable bonds is 2. The molecule has 0 aliphatic carbocycles. The van der Waals surface area contributed by atoms with Gasteiger partial charge in [0.15, 0.2) is 0 Å². The van der Waals surface area contributed by atoms with Crippen LogP contribution >= 0.6 is 15.9 Å². The van der Waals surface area contributed by atoms with Gasteiger partial charge in [0, 0.05) is 15.4 Å². The first-order valence-electron chi connectivity index (χ1n) is 7.52. The van der Waals surface area contributed by atoms with Gasteiger partial charge in [0.1, 0.15) is 0 Å². The van der Waals surface area contributed by atoms with Gasteiger partial charge in [-0.3, -0.25) is 0 Å². The van der Waals surface area contributed by atoms with Gasteiger partial charge in [-0.1, -0.05) is 76.6 Å². The maximum Gasteiger partial charge on any atom is 0.0716 e. The summed E-state index contributed by atoms with van der Waals surface area (Å²) in [5.74, 6) is 0. The zero-order valence-corrected chi connectivity index (χ0v) is 14.0. The van der Waals surface area contributed by atoms with Crippen LogP contribution in [0.4, 0.5) is 0 Å². The molecule has 1 heterocycles. The van der Waals surface area contributed by atoms with Gasteiger partial charge >= 0.3 is 0 Å². The average Bonchev–Trinajstić information content (AvgIpc) is 2.62. The van der Waals surface area contributed by atoms with Crippen LogP contribution < -0.4 is 0 Å². The van der Waals surface area contributed by atoms with Crippen molar-refractivity contribution in [2.75, 3.05) is 0 Å². The van der Waals surface area contributed by atoms with Gasteiger partial charge < -0.3 is 0 Å². The molecule has 4 rings (SSSR count). The monoisotopic (exact) mass is 359 g/mol. The normalized spacial score (nSPS) is 10.8. The lowest BCUT2D eigenvalue weighted by Crippen LogP contribution is -1.90. The summed E-state index contributed by atoms with van der Waals surface area (Å²) in [5, 5.41) is 1.16. The molecule has 0 spiro atoms. The lowest BCUT2D eigenvalue weighted by molar-refractivity contribution is 1.39. The smallest absolute Gasteiger partial charge is 0.0716 e. The average molecular weight is 360 g/mol. The number of hydrogen-bond acceptors (Lipinski definition) is 1. The van der Waals surface area contributed by atoms with Crippen molar-refractivity contribution in [2.24, 2.45) is 0 Å². The minimum Gasteiger partial charge on any atom is -0.248 e. The minimum absolute atomic E-state index is 0.999. The van der Waals surface area contributed by atoms with E-state index in [2.05, 4.69) is 70.5 Å². The van der Waals surface area contributed by atoms with E-state index < -0.39 is 0 Å². The Morgan fingerprint density at radius 3 is 2.00 bits per heavy atom. The first-order valence-corrected chi connectivity index (χ1v) is 8.32. The van der Waals surface area contributed by atoms with Crippen LogP contribution in [0.1, 0.15) is 0 Å². The Bertz CT molecular complexity index is 963. The van der Waals surface area contributed by atoms with E-state index in [0.29, 0.717) is 0 Å². The van der Waals surface area contributed by atoms with E-state index >= 15 is 0 Å². The van der Waals surface area contributed by atoms with Crippen molar-refractivity contribution in [3.8, 4) is 22.4 Å². The van der Waals surface area contributed by atoms with Crippen LogP contribution in [-0.2, 0) is 0 Å². The molecule has 1 aromatic heterocycles. The molecule has 3 aromatic carbocycles. The van der Waals surface area contributed by atoms with Crippen LogP contribution in [0.2, 0.25) is 0 Å². The molecule has 0 aliphatic rings. The quantitative estimate of drug-likeness (QED) is 0.407. The predicted molar refractivity (Wildman–Crippen MR) is 100 cm³/mol. The van der Waals surface area contributed by atoms with Crippen molar-refractivity contribution in [1.82, 2.24) is 4.98 Å². The topological polar surface area (TPSA) is 12.9 Å². The highest BCUT2D eigenvalue weighted by Crippen LogP contribution is 2.33. The Hall–Kier alpha value is -2.45. The van der Waals surface area contributed by atoms with Crippen LogP contribution in [-0.4, -0.2) is 4.98 Å². The van der Waals surface area contributed by atoms with Crippen molar-refractivity contribution in [1.29, 1.82) is 0 Å². The largest absolute Gasteiger partial charge is 0.248 e. The fraction of sp³-hybridized carbons (Fsp3) is 0. The summed E-state index contributed by atoms with van der Waals surface area (Å²) in [6.07, 6.45) is 0. The number of hydrogen-bond donors (Lipinski definition) is 0. The first-order chi connectivity index (χ1) is 11.3. The Labute approximate surface area is 143 Å². The number of benzene rings is 3. The third-order valence-corrected chi connectivity index (χ3v) is 4.42. The van der Waals surface area contributed by atoms with Crippen LogP contribution in [0.3, 0.4) is 0 Å². The molecule has 1 nitrogen and oxygen atoms in total. The van der Waals surface area contributed by atoms with E-state index in [1.807, 2.05) is 30.3 Å². The van der Waals surface area contributed by atoms with Gasteiger partial charge in [0.05, 0.1) is 11.2 Å². The molecule has 23 heavy (non-hydrogen) atoms. The number of aromatic nitrogens is 1. The number of halogens is 1. The molecule has 0 atom stereocenters. The molecule has 0 amide bonds. The van der Waals surface area contributed by atoms with Crippen molar-refractivity contribution in [3.63, 3.8) is 0 Å². The first kappa shape index (κ1) is 14.2. The predicted octanol–water partition coefficient (Wildman–Crippen LogP) is 6.33. The molecular weight excluding hydrogens is 346 g/mol. The molecule has 4 aromatic rings. The number of fused-ring (bicyclic) bond motifs is 1. The van der Waals surface area contributed by atoms with E-state index in [-0.39, 0.29) is 0 Å². The van der Waals surface area contributed by atoms with Gasteiger partial charge in [0.2, 0.25) is 0 Å². The summed E-state index contributed by atoms with van der Waals surface area (Å²) >= 11 is 3.57. The van der Waals surface area contributed by atoms with Crippen LogP contribution in [0.5, 0.6) is 0 Å². The summed E-state index contributed by atoms with van der Waals surface area (Å²) in [6.45, 7) is 0. The molecule has 0 radical (unpaired) electrons. The lowest BCUT2D eigenvalue weighted by atomic mass is 9.98. The lowest BCUT2D eigenvalue weighted by Gasteiger charge is -2.11. The second kappa shape index (κ2) is 5.98. The fourth-order valence-corrected chi connectivity index (χ4v) is 3.17. The van der Waals surface area contributed by atoms with E-state index in [0.717, 1.165) is 26.6 Å². The summed E-state index contributed by atoms with van der Waals surface area (Å²) < 4.78 is 1.07. The molecule has 0 saturated carbocycles. The van der Waals surface area contributed by atoms with E-state index in [1.54, 1.807) is 0 Å². The zero-order chi connectivity index (χ0) is 15.6. The highest BCUT2D eigenvalue weighted by molar-refractivity contribution is 9.10. The van der Waals surface area contributed by atoms with Crippen molar-refractivity contribution in [3.05, 3.63) is 89.4 Å². The summed E-state index contributed by atoms with van der Waals surface area (Å²) in [7, 11) is 0. The number of nitrogens with zero attached hydrogens (tertiary/aromatic N) is 1. The van der Waals surface area contributed by atoms with Gasteiger partial charge in [0.25, 0.3) is 0 Å². The SMILES string of the molecule is Brc1ccc2nc(-c3ccccc3)cc(-c3ccccc3)c2c1. The third-order valence-electron chi connectivity index (χ3n) is 3.93. The molecular formula is C21H14BrN. The number of pyridine rings is 1. The second-order valence-electron chi connectivity index (χ2n) is 5.45. The maximum absolute atomic E-state index is 4.85. The molecule has 0 bridgehead atoms. The molecule has 0 unspecified atom stereocenters. The third kappa shape index (κ3) is 2.78. The van der Waals surface area contributed by atoms with Crippen LogP contribution in [0.15, 0.2) is 89.4 Å². The van der Waals surface area contributed by atoms with Gasteiger partial charge in [-0.05, 0) is 35.4 Å². The Morgan fingerprint density at radius 2 is 1.30 bits per heavy atom. The van der Waals surface area contributed by atoms with Crippen LogP contribution in [0.25, 0.3) is 33.3 Å². The fourth-order valence-electron chi connectivity index (χ4n) is 2.81. The van der Waals surface area contributed by atoms with Crippen molar-refractivity contribution >= 4 is 26.8 Å². The van der Waals surface area contributed by atoms with Crippen molar-refractivity contribution < 1.29 is 0 Å². The van der Waals surface area contributed by atoms with Crippen LogP contribution in [0, 0.1) is 0 Å². The highest BCUT2D eigenvalue weighted by atomic mass is 79.9. The Morgan fingerprint density at radius 1 is 0.652 bits per heavy atom. The zero-order valence-electron chi connectivity index (χ0n) is 12.4. The maximum atomic E-state index is 4.85. The summed E-state index contributed by atoms with van der Waals surface area (Å²) in [4.78, 5) is 4.85. The standard InChI is InChI=1S/C21H14BrN/c22-17-11-12-20-19(13-17)18(15-7-3-1-4-8-15)14-21(23-20)16-9-5-2-6-10-16/h1-14H. The molecule has 0 fully saturated rings. The highest BCUT2D eigenvalue weighted by Gasteiger charge is 2.09. The molecule has 2 heteroatoms. The molecule has 0 aliphatic heterocycles. The summed E-state index contributed by atoms with van der Waals surface area (Å²) in [6, 6.07) is 29.2. The Kier molecular flexibility index (Phi) is 3.68. The second-order valence-corrected chi connectivity index (χ2v) is 6.36. The minimum atomic E-state index is 0.999. The van der Waals surface area contributed by atoms with Gasteiger partial charge in [-0.25, -0.2) is 4.98 Å². The van der Waals surface area contributed by atoms with E-state index in [9.17, 15) is 0 Å². The molecule has 110 valence electrons. The van der Waals surface area contributed by atoms with E-state index in [4.69, 9.17) is 4.98 Å². The van der Waals surface area contributed by atoms with Gasteiger partial charge in [-0.15, -0.1) is 0 Å². The molecule has 0 N–H and O–H groups in total. The molecule has 0 saturated heterocycles. The van der Waals surface area contributed by atoms with Gasteiger partial charge in [-0.2, -0.15) is 0 Å². The van der Waals surface area contributed by atoms with Crippen molar-refractivity contribution in [2.45, 2.75) is 0 Å². The van der Waals surface area contributed by atoms with E-state index in [1.165, 1.54) is 11.1 Å². The summed E-state index contributed by atoms with van der Waals surface area (Å²) in [5.41, 5.74) is 5.55.